The number of rotatable bonds is 31. The Morgan fingerprint density at radius 2 is 0.683 bits per heavy atom. The van der Waals surface area contributed by atoms with Gasteiger partial charge in [0, 0.05) is 0 Å². The second-order valence-corrected chi connectivity index (χ2v) is 14.2. The highest BCUT2D eigenvalue weighted by Gasteiger charge is 2.29. The summed E-state index contributed by atoms with van der Waals surface area (Å²) in [5.41, 5.74) is 2.77. The highest BCUT2D eigenvalue weighted by atomic mass is 35.5. The van der Waals surface area contributed by atoms with Gasteiger partial charge in [0.1, 0.15) is 0 Å². The molecule has 41 heavy (non-hydrogen) atoms. The van der Waals surface area contributed by atoms with E-state index >= 15 is 0 Å². The molecule has 0 bridgehead atoms. The average Bonchev–Trinajstić information content (AvgIpc) is 2.97. The molecule has 0 atom stereocenters. The molecular formula is C40H73Cl. The maximum Gasteiger partial charge on any atom is 0.0697 e. The van der Waals surface area contributed by atoms with Gasteiger partial charge >= 0.3 is 0 Å². The largest absolute Gasteiger partial charge is 0.114 e. The summed E-state index contributed by atoms with van der Waals surface area (Å²) >= 11 is 7.47. The molecule has 0 unspecified atom stereocenters. The SMILES string of the molecule is CCCCCCCCCCCCCCCCC(Cl)(CCCCCCCCCCCCCCCC)c1ccccc1C. The van der Waals surface area contributed by atoms with E-state index in [1.54, 1.807) is 0 Å². The summed E-state index contributed by atoms with van der Waals surface area (Å²) in [6.45, 7) is 6.86. The molecule has 1 rings (SSSR count). The van der Waals surface area contributed by atoms with Crippen molar-refractivity contribution >= 4 is 11.6 Å². The minimum atomic E-state index is -0.167. The lowest BCUT2D eigenvalue weighted by Crippen LogP contribution is -2.20. The monoisotopic (exact) mass is 589 g/mol. The summed E-state index contributed by atoms with van der Waals surface area (Å²) in [6.07, 6.45) is 41.9. The Labute approximate surface area is 264 Å². The van der Waals surface area contributed by atoms with Gasteiger partial charge in [-0.3, -0.25) is 0 Å². The highest BCUT2D eigenvalue weighted by molar-refractivity contribution is 6.24. The maximum absolute atomic E-state index is 7.47. The van der Waals surface area contributed by atoms with Gasteiger partial charge in [-0.05, 0) is 30.9 Å². The van der Waals surface area contributed by atoms with E-state index in [2.05, 4.69) is 45.0 Å². The number of hydrogen-bond acceptors (Lipinski definition) is 0. The molecule has 0 aliphatic heterocycles. The van der Waals surface area contributed by atoms with Crippen molar-refractivity contribution in [3.8, 4) is 0 Å². The molecule has 0 spiro atoms. The summed E-state index contributed by atoms with van der Waals surface area (Å²) in [5.74, 6) is 0. The molecule has 0 heterocycles. The standard InChI is InChI=1S/C40H73Cl/c1-4-6-8-10-12-14-16-18-20-22-24-26-28-32-36-40(41,39-35-31-30-34-38(39)3)37-33-29-27-25-23-21-19-17-15-13-11-9-7-5-2/h30-31,34-35H,4-29,32-33,36-37H2,1-3H3. The van der Waals surface area contributed by atoms with Gasteiger partial charge in [-0.15, -0.1) is 11.6 Å². The van der Waals surface area contributed by atoms with E-state index in [9.17, 15) is 0 Å². The van der Waals surface area contributed by atoms with Gasteiger partial charge in [-0.1, -0.05) is 218 Å². The van der Waals surface area contributed by atoms with E-state index in [-0.39, 0.29) is 4.87 Å². The molecule has 0 N–H and O–H groups in total. The van der Waals surface area contributed by atoms with Crippen LogP contribution in [-0.2, 0) is 4.87 Å². The molecule has 0 aromatic heterocycles. The number of aryl methyl sites for hydroxylation is 1. The van der Waals surface area contributed by atoms with Crippen LogP contribution >= 0.6 is 11.6 Å². The zero-order valence-electron chi connectivity index (χ0n) is 28.4. The lowest BCUT2D eigenvalue weighted by atomic mass is 9.85. The Balaban J connectivity index is 2.15. The third-order valence-corrected chi connectivity index (χ3v) is 10.1. The first-order chi connectivity index (χ1) is 20.1. The van der Waals surface area contributed by atoms with Crippen molar-refractivity contribution in [1.82, 2.24) is 0 Å². The molecule has 1 heteroatoms. The first-order valence-electron chi connectivity index (χ1n) is 18.9. The molecule has 0 saturated heterocycles. The lowest BCUT2D eigenvalue weighted by Gasteiger charge is -2.29. The maximum atomic E-state index is 7.47. The van der Waals surface area contributed by atoms with E-state index in [0.717, 1.165) is 12.8 Å². The molecule has 0 nitrogen and oxygen atoms in total. The Morgan fingerprint density at radius 3 is 0.976 bits per heavy atom. The van der Waals surface area contributed by atoms with Gasteiger partial charge in [-0.2, -0.15) is 0 Å². The molecule has 240 valence electrons. The molecule has 0 saturated carbocycles. The zero-order chi connectivity index (χ0) is 29.7. The van der Waals surface area contributed by atoms with Gasteiger partial charge in [-0.25, -0.2) is 0 Å². The molecule has 1 aromatic carbocycles. The van der Waals surface area contributed by atoms with Gasteiger partial charge in [0.2, 0.25) is 0 Å². The number of alkyl halides is 1. The van der Waals surface area contributed by atoms with Crippen molar-refractivity contribution in [2.75, 3.05) is 0 Å². The van der Waals surface area contributed by atoms with Gasteiger partial charge in [0.25, 0.3) is 0 Å². The van der Waals surface area contributed by atoms with Crippen LogP contribution in [0, 0.1) is 6.92 Å². The quantitative estimate of drug-likeness (QED) is 0.0597. The van der Waals surface area contributed by atoms with Gasteiger partial charge in [0.05, 0.1) is 4.87 Å². The molecule has 0 radical (unpaired) electrons. The van der Waals surface area contributed by atoms with Crippen molar-refractivity contribution in [2.24, 2.45) is 0 Å². The minimum absolute atomic E-state index is 0.167. The Kier molecular flexibility index (Phi) is 26.6. The molecule has 0 aliphatic carbocycles. The Bertz CT molecular complexity index is 633. The number of hydrogen-bond donors (Lipinski definition) is 0. The van der Waals surface area contributed by atoms with Crippen LogP contribution in [-0.4, -0.2) is 0 Å². The second kappa shape index (κ2) is 28.3. The molecule has 1 aromatic rings. The van der Waals surface area contributed by atoms with Crippen molar-refractivity contribution in [3.63, 3.8) is 0 Å². The van der Waals surface area contributed by atoms with Crippen molar-refractivity contribution in [1.29, 1.82) is 0 Å². The van der Waals surface area contributed by atoms with Gasteiger partial charge in [0.15, 0.2) is 0 Å². The van der Waals surface area contributed by atoms with Gasteiger partial charge < -0.3 is 0 Å². The Morgan fingerprint density at radius 1 is 0.415 bits per heavy atom. The smallest absolute Gasteiger partial charge is 0.0697 e. The second-order valence-electron chi connectivity index (χ2n) is 13.5. The fourth-order valence-electron chi connectivity index (χ4n) is 6.67. The van der Waals surface area contributed by atoms with E-state index in [1.165, 1.54) is 191 Å². The van der Waals surface area contributed by atoms with E-state index < -0.39 is 0 Å². The summed E-state index contributed by atoms with van der Waals surface area (Å²) < 4.78 is 0. The van der Waals surface area contributed by atoms with Crippen molar-refractivity contribution in [2.45, 2.75) is 218 Å². The van der Waals surface area contributed by atoms with Crippen LogP contribution < -0.4 is 0 Å². The fourth-order valence-corrected chi connectivity index (χ4v) is 7.15. The predicted octanol–water partition coefficient (Wildman–Crippen LogP) is 15.2. The summed E-state index contributed by atoms with van der Waals surface area (Å²) in [7, 11) is 0. The fraction of sp³-hybridized carbons (Fsp3) is 0.850. The van der Waals surface area contributed by atoms with Crippen molar-refractivity contribution in [3.05, 3.63) is 35.4 Å². The molecule has 0 aliphatic rings. The first-order valence-corrected chi connectivity index (χ1v) is 19.3. The number of benzene rings is 1. The Hall–Kier alpha value is -0.490. The molecule has 0 amide bonds. The van der Waals surface area contributed by atoms with Crippen LogP contribution in [0.5, 0.6) is 0 Å². The summed E-state index contributed by atoms with van der Waals surface area (Å²) in [6, 6.07) is 8.91. The summed E-state index contributed by atoms with van der Waals surface area (Å²) in [5, 5.41) is 0. The van der Waals surface area contributed by atoms with E-state index in [1.807, 2.05) is 0 Å². The van der Waals surface area contributed by atoms with Crippen LogP contribution in [0.25, 0.3) is 0 Å². The number of unbranched alkanes of at least 4 members (excludes halogenated alkanes) is 26. The third kappa shape index (κ3) is 21.8. The van der Waals surface area contributed by atoms with Crippen LogP contribution in [0.1, 0.15) is 218 Å². The van der Waals surface area contributed by atoms with Crippen LogP contribution in [0.15, 0.2) is 24.3 Å². The molecule has 0 fully saturated rings. The minimum Gasteiger partial charge on any atom is -0.114 e. The normalized spacial score (nSPS) is 11.9. The van der Waals surface area contributed by atoms with E-state index in [0.29, 0.717) is 0 Å². The predicted molar refractivity (Wildman–Crippen MR) is 189 cm³/mol. The third-order valence-electron chi connectivity index (χ3n) is 9.48. The average molecular weight is 589 g/mol. The van der Waals surface area contributed by atoms with E-state index in [4.69, 9.17) is 11.6 Å². The molecular weight excluding hydrogens is 516 g/mol. The zero-order valence-corrected chi connectivity index (χ0v) is 29.2. The van der Waals surface area contributed by atoms with Crippen LogP contribution in [0.4, 0.5) is 0 Å². The summed E-state index contributed by atoms with van der Waals surface area (Å²) in [4.78, 5) is -0.167. The first kappa shape index (κ1) is 38.5. The van der Waals surface area contributed by atoms with Crippen LogP contribution in [0.3, 0.4) is 0 Å². The highest BCUT2D eigenvalue weighted by Crippen LogP contribution is 2.41. The van der Waals surface area contributed by atoms with Crippen LogP contribution in [0.2, 0.25) is 0 Å². The van der Waals surface area contributed by atoms with Crippen molar-refractivity contribution < 1.29 is 0 Å². The topological polar surface area (TPSA) is 0 Å². The number of halogens is 1. The lowest BCUT2D eigenvalue weighted by molar-refractivity contribution is 0.441.